The lowest BCUT2D eigenvalue weighted by molar-refractivity contribution is -0.130. The van der Waals surface area contributed by atoms with Crippen LogP contribution in [0.2, 0.25) is 0 Å². The topological polar surface area (TPSA) is 66.2 Å². The van der Waals surface area contributed by atoms with Crippen LogP contribution in [-0.4, -0.2) is 73.4 Å². The molecule has 6 heteroatoms. The summed E-state index contributed by atoms with van der Waals surface area (Å²) in [5, 5.41) is 11.2. The molecule has 1 aliphatic heterocycles. The highest BCUT2D eigenvalue weighted by atomic mass is 16.5. The summed E-state index contributed by atoms with van der Waals surface area (Å²) in [6.45, 7) is 5.96. The van der Waals surface area contributed by atoms with Crippen LogP contribution in [0.5, 0.6) is 0 Å². The summed E-state index contributed by atoms with van der Waals surface area (Å²) in [7, 11) is 1.73. The average Bonchev–Trinajstić information content (AvgIpc) is 2.97. The number of hydrogen-bond acceptors (Lipinski definition) is 5. The first kappa shape index (κ1) is 17.9. The van der Waals surface area contributed by atoms with Crippen molar-refractivity contribution in [2.45, 2.75) is 19.4 Å². The second kappa shape index (κ2) is 7.99. The van der Waals surface area contributed by atoms with Gasteiger partial charge in [-0.05, 0) is 18.6 Å². The molecule has 1 N–H and O–H groups in total. The van der Waals surface area contributed by atoms with Gasteiger partial charge in [0.2, 0.25) is 5.91 Å². The van der Waals surface area contributed by atoms with E-state index in [9.17, 15) is 9.90 Å². The Morgan fingerprint density at radius 1 is 1.36 bits per heavy atom. The first-order valence-corrected chi connectivity index (χ1v) is 8.72. The predicted octanol–water partition coefficient (Wildman–Crippen LogP) is 1.44. The highest BCUT2D eigenvalue weighted by molar-refractivity contribution is 5.87. The van der Waals surface area contributed by atoms with Gasteiger partial charge in [0.25, 0.3) is 0 Å². The van der Waals surface area contributed by atoms with Gasteiger partial charge in [-0.3, -0.25) is 9.69 Å². The normalized spacial score (nSPS) is 16.9. The van der Waals surface area contributed by atoms with E-state index in [1.165, 1.54) is 0 Å². The van der Waals surface area contributed by atoms with E-state index in [0.717, 1.165) is 35.2 Å². The smallest absolute Gasteiger partial charge is 0.226 e. The molecule has 0 aliphatic carbocycles. The number of rotatable bonds is 6. The van der Waals surface area contributed by atoms with Crippen molar-refractivity contribution in [2.24, 2.45) is 0 Å². The lowest BCUT2D eigenvalue weighted by atomic mass is 10.1. The fourth-order valence-electron chi connectivity index (χ4n) is 3.18. The number of morpholine rings is 1. The fraction of sp³-hybridized carbons (Fsp3) is 0.526. The minimum Gasteiger partial charge on any atom is -0.464 e. The van der Waals surface area contributed by atoms with Crippen molar-refractivity contribution in [3.63, 3.8) is 0 Å². The molecule has 1 amide bonds. The second-order valence-corrected chi connectivity index (χ2v) is 6.78. The van der Waals surface area contributed by atoms with Crippen LogP contribution in [0.25, 0.3) is 11.0 Å². The molecule has 2 aromatic rings. The molecule has 0 bridgehead atoms. The molecule has 1 unspecified atom stereocenters. The molecule has 0 radical (unpaired) electrons. The molecule has 1 aromatic carbocycles. The number of benzene rings is 1. The number of amides is 1. The lowest BCUT2D eigenvalue weighted by Crippen LogP contribution is -2.45. The predicted molar refractivity (Wildman–Crippen MR) is 95.6 cm³/mol. The van der Waals surface area contributed by atoms with Gasteiger partial charge >= 0.3 is 0 Å². The van der Waals surface area contributed by atoms with Gasteiger partial charge in [-0.25, -0.2) is 0 Å². The average molecular weight is 346 g/mol. The molecule has 136 valence electrons. The quantitative estimate of drug-likeness (QED) is 0.857. The molecule has 1 fully saturated rings. The van der Waals surface area contributed by atoms with E-state index < -0.39 is 6.10 Å². The highest BCUT2D eigenvalue weighted by Gasteiger charge is 2.19. The van der Waals surface area contributed by atoms with E-state index in [-0.39, 0.29) is 12.3 Å². The largest absolute Gasteiger partial charge is 0.464 e. The van der Waals surface area contributed by atoms with Crippen LogP contribution in [0.4, 0.5) is 0 Å². The molecular formula is C19H26N2O4. The van der Waals surface area contributed by atoms with Gasteiger partial charge in [-0.1, -0.05) is 12.1 Å². The van der Waals surface area contributed by atoms with Crippen LogP contribution in [0.15, 0.2) is 28.9 Å². The highest BCUT2D eigenvalue weighted by Crippen LogP contribution is 2.23. The number of aryl methyl sites for hydroxylation is 1. The summed E-state index contributed by atoms with van der Waals surface area (Å²) < 4.78 is 10.9. The number of β-amino-alcohol motifs (C(OH)–C–C–N with tert-alkyl or cyclic N) is 1. The molecule has 0 spiro atoms. The number of carbonyl (C=O) groups is 1. The Bertz CT molecular complexity index is 721. The first-order valence-electron chi connectivity index (χ1n) is 8.72. The van der Waals surface area contributed by atoms with Crippen LogP contribution in [-0.2, 0) is 16.0 Å². The van der Waals surface area contributed by atoms with Crippen molar-refractivity contribution in [3.8, 4) is 0 Å². The summed E-state index contributed by atoms with van der Waals surface area (Å²) in [5.74, 6) is -0.0238. The maximum absolute atomic E-state index is 12.5. The number of likely N-dealkylation sites (N-methyl/N-ethyl adjacent to an activating group) is 1. The molecule has 6 nitrogen and oxygen atoms in total. The molecule has 1 aliphatic rings. The van der Waals surface area contributed by atoms with Crippen molar-refractivity contribution < 1.29 is 19.1 Å². The third-order valence-electron chi connectivity index (χ3n) is 4.64. The summed E-state index contributed by atoms with van der Waals surface area (Å²) in [4.78, 5) is 16.2. The number of carbonyl (C=O) groups excluding carboxylic acids is 1. The standard InChI is InChI=1S/C19H26N2O4/c1-14-3-4-17-15(13-25-18(17)9-14)10-19(23)20(2)11-16(22)12-21-5-7-24-8-6-21/h3-4,9,13,16,22H,5-8,10-12H2,1-2H3. The van der Waals surface area contributed by atoms with Crippen molar-refractivity contribution in [3.05, 3.63) is 35.6 Å². The molecule has 0 saturated carbocycles. The van der Waals surface area contributed by atoms with Gasteiger partial charge in [0.1, 0.15) is 5.58 Å². The van der Waals surface area contributed by atoms with Gasteiger partial charge in [0.05, 0.1) is 32.0 Å². The number of ether oxygens (including phenoxy) is 1. The third-order valence-corrected chi connectivity index (χ3v) is 4.64. The monoisotopic (exact) mass is 346 g/mol. The first-order chi connectivity index (χ1) is 12.0. The van der Waals surface area contributed by atoms with Gasteiger partial charge in [0.15, 0.2) is 0 Å². The van der Waals surface area contributed by atoms with E-state index >= 15 is 0 Å². The van der Waals surface area contributed by atoms with Crippen molar-refractivity contribution in [1.29, 1.82) is 0 Å². The third kappa shape index (κ3) is 4.60. The molecule has 1 aromatic heterocycles. The van der Waals surface area contributed by atoms with E-state index in [4.69, 9.17) is 9.15 Å². The maximum atomic E-state index is 12.5. The summed E-state index contributed by atoms with van der Waals surface area (Å²) in [5.41, 5.74) is 2.82. The molecule has 25 heavy (non-hydrogen) atoms. The number of aliphatic hydroxyl groups excluding tert-OH is 1. The number of aliphatic hydroxyl groups is 1. The maximum Gasteiger partial charge on any atom is 0.226 e. The molecular weight excluding hydrogens is 320 g/mol. The molecule has 1 atom stereocenters. The SMILES string of the molecule is Cc1ccc2c(CC(=O)N(C)CC(O)CN3CCOCC3)coc2c1. The minimum atomic E-state index is -0.559. The Kier molecular flexibility index (Phi) is 5.73. The number of hydrogen-bond donors (Lipinski definition) is 1. The zero-order valence-corrected chi connectivity index (χ0v) is 14.9. The van der Waals surface area contributed by atoms with Crippen molar-refractivity contribution in [2.75, 3.05) is 46.4 Å². The Labute approximate surface area is 148 Å². The van der Waals surface area contributed by atoms with Crippen LogP contribution in [0.1, 0.15) is 11.1 Å². The number of fused-ring (bicyclic) bond motifs is 1. The minimum absolute atomic E-state index is 0.0238. The Morgan fingerprint density at radius 2 is 2.12 bits per heavy atom. The second-order valence-electron chi connectivity index (χ2n) is 6.78. The Balaban J connectivity index is 1.54. The zero-order chi connectivity index (χ0) is 17.8. The van der Waals surface area contributed by atoms with Crippen molar-refractivity contribution >= 4 is 16.9 Å². The van der Waals surface area contributed by atoms with Crippen LogP contribution in [0.3, 0.4) is 0 Å². The Morgan fingerprint density at radius 3 is 2.88 bits per heavy atom. The van der Waals surface area contributed by atoms with Gasteiger partial charge in [0, 0.05) is 44.2 Å². The van der Waals surface area contributed by atoms with E-state index in [1.54, 1.807) is 18.2 Å². The van der Waals surface area contributed by atoms with Crippen LogP contribution in [0, 0.1) is 6.92 Å². The van der Waals surface area contributed by atoms with E-state index in [0.29, 0.717) is 26.3 Å². The number of nitrogens with zero attached hydrogens (tertiary/aromatic N) is 2. The molecule has 3 rings (SSSR count). The number of furan rings is 1. The lowest BCUT2D eigenvalue weighted by Gasteiger charge is -2.30. The van der Waals surface area contributed by atoms with Crippen LogP contribution < -0.4 is 0 Å². The van der Waals surface area contributed by atoms with E-state index in [1.807, 2.05) is 25.1 Å². The summed E-state index contributed by atoms with van der Waals surface area (Å²) >= 11 is 0. The van der Waals surface area contributed by atoms with Gasteiger partial charge in [-0.2, -0.15) is 0 Å². The van der Waals surface area contributed by atoms with Gasteiger partial charge in [-0.15, -0.1) is 0 Å². The summed E-state index contributed by atoms with van der Waals surface area (Å²) in [6.07, 6.45) is 1.37. The molecule has 2 heterocycles. The zero-order valence-electron chi connectivity index (χ0n) is 14.9. The van der Waals surface area contributed by atoms with Crippen molar-refractivity contribution in [1.82, 2.24) is 9.80 Å². The summed E-state index contributed by atoms with van der Waals surface area (Å²) in [6, 6.07) is 5.98. The molecule has 1 saturated heterocycles. The fourth-order valence-corrected chi connectivity index (χ4v) is 3.18. The Hall–Kier alpha value is -1.89. The van der Waals surface area contributed by atoms with Crippen LogP contribution >= 0.6 is 0 Å². The van der Waals surface area contributed by atoms with E-state index in [2.05, 4.69) is 4.90 Å². The van der Waals surface area contributed by atoms with Gasteiger partial charge < -0.3 is 19.2 Å².